The van der Waals surface area contributed by atoms with Gasteiger partial charge in [-0.05, 0) is 18.4 Å². The Morgan fingerprint density at radius 1 is 1.54 bits per heavy atom. The Bertz CT molecular complexity index is 218. The zero-order valence-electron chi connectivity index (χ0n) is 8.08. The third kappa shape index (κ3) is 2.46. The Morgan fingerprint density at radius 3 is 2.69 bits per heavy atom. The van der Waals surface area contributed by atoms with Crippen LogP contribution in [0.2, 0.25) is 0 Å². The van der Waals surface area contributed by atoms with E-state index in [9.17, 15) is 9.59 Å². The van der Waals surface area contributed by atoms with Crippen molar-refractivity contribution < 1.29 is 9.59 Å². The lowest BCUT2D eigenvalue weighted by Gasteiger charge is -2.13. The number of carbonyl (C=O) groups excluding carboxylic acids is 2. The first-order valence-corrected chi connectivity index (χ1v) is 5.89. The number of rotatable bonds is 4. The van der Waals surface area contributed by atoms with E-state index in [1.807, 2.05) is 13.2 Å². The van der Waals surface area contributed by atoms with Crippen LogP contribution < -0.4 is 0 Å². The van der Waals surface area contributed by atoms with Gasteiger partial charge in [-0.2, -0.15) is 11.8 Å². The number of imide groups is 1. The van der Waals surface area contributed by atoms with E-state index in [0.717, 1.165) is 12.2 Å². The number of hydrogen-bond acceptors (Lipinski definition) is 3. The molecule has 1 saturated heterocycles. The van der Waals surface area contributed by atoms with Gasteiger partial charge in [0.1, 0.15) is 0 Å². The third-order valence-electron chi connectivity index (χ3n) is 2.20. The maximum absolute atomic E-state index is 11.4. The summed E-state index contributed by atoms with van der Waals surface area (Å²) in [6, 6.07) is 0. The van der Waals surface area contributed by atoms with Crippen molar-refractivity contribution in [1.29, 1.82) is 0 Å². The quantitative estimate of drug-likeness (QED) is 0.505. The fraction of sp³-hybridized carbons (Fsp3) is 0.778. The molecule has 0 aliphatic carbocycles. The van der Waals surface area contributed by atoms with Crippen molar-refractivity contribution in [3.8, 4) is 0 Å². The Labute approximate surface area is 82.9 Å². The van der Waals surface area contributed by atoms with Gasteiger partial charge >= 0.3 is 0 Å². The van der Waals surface area contributed by atoms with Crippen LogP contribution in [0.5, 0.6) is 0 Å². The average molecular weight is 201 g/mol. The Hall–Kier alpha value is -0.510. The molecule has 74 valence electrons. The first-order chi connectivity index (χ1) is 6.16. The maximum Gasteiger partial charge on any atom is 0.232 e. The Kier molecular flexibility index (Phi) is 3.78. The largest absolute Gasteiger partial charge is 0.282 e. The number of hydrogen-bond donors (Lipinski definition) is 0. The van der Waals surface area contributed by atoms with Gasteiger partial charge in [0.15, 0.2) is 0 Å². The fourth-order valence-corrected chi connectivity index (χ4v) is 1.87. The van der Waals surface area contributed by atoms with Crippen molar-refractivity contribution in [2.45, 2.75) is 19.8 Å². The van der Waals surface area contributed by atoms with Crippen LogP contribution in [0.3, 0.4) is 0 Å². The smallest absolute Gasteiger partial charge is 0.232 e. The van der Waals surface area contributed by atoms with E-state index in [0.29, 0.717) is 13.0 Å². The van der Waals surface area contributed by atoms with E-state index in [4.69, 9.17) is 0 Å². The molecule has 0 unspecified atom stereocenters. The lowest BCUT2D eigenvalue weighted by atomic mass is 10.1. The van der Waals surface area contributed by atoms with Crippen molar-refractivity contribution in [3.05, 3.63) is 0 Å². The molecule has 1 aliphatic rings. The second-order valence-corrected chi connectivity index (χ2v) is 4.32. The van der Waals surface area contributed by atoms with E-state index >= 15 is 0 Å². The Morgan fingerprint density at radius 2 is 2.23 bits per heavy atom. The predicted octanol–water partition coefficient (Wildman–Crippen LogP) is 1.13. The van der Waals surface area contributed by atoms with E-state index in [1.54, 1.807) is 11.8 Å². The summed E-state index contributed by atoms with van der Waals surface area (Å²) in [4.78, 5) is 24.1. The van der Waals surface area contributed by atoms with Crippen molar-refractivity contribution >= 4 is 23.6 Å². The zero-order chi connectivity index (χ0) is 9.84. The van der Waals surface area contributed by atoms with E-state index in [1.165, 1.54) is 4.90 Å². The highest BCUT2D eigenvalue weighted by Crippen LogP contribution is 2.18. The van der Waals surface area contributed by atoms with Gasteiger partial charge < -0.3 is 0 Å². The molecule has 0 radical (unpaired) electrons. The van der Waals surface area contributed by atoms with Gasteiger partial charge in [-0.25, -0.2) is 0 Å². The van der Waals surface area contributed by atoms with Crippen LogP contribution in [-0.4, -0.2) is 35.3 Å². The molecular weight excluding hydrogens is 186 g/mol. The molecule has 0 bridgehead atoms. The summed E-state index contributed by atoms with van der Waals surface area (Å²) in [6.45, 7) is 2.41. The Balaban J connectivity index is 2.40. The summed E-state index contributed by atoms with van der Waals surface area (Å²) in [5.74, 6) is 0.914. The van der Waals surface area contributed by atoms with Crippen molar-refractivity contribution in [2.24, 2.45) is 5.92 Å². The van der Waals surface area contributed by atoms with Crippen LogP contribution in [0.15, 0.2) is 0 Å². The van der Waals surface area contributed by atoms with Crippen molar-refractivity contribution in [2.75, 3.05) is 18.6 Å². The minimum atomic E-state index is -0.0956. The van der Waals surface area contributed by atoms with Gasteiger partial charge in [0, 0.05) is 18.9 Å². The summed E-state index contributed by atoms with van der Waals surface area (Å²) in [5, 5.41) is 0. The van der Waals surface area contributed by atoms with Crippen LogP contribution in [-0.2, 0) is 9.59 Å². The molecule has 3 nitrogen and oxygen atoms in total. The summed E-state index contributed by atoms with van der Waals surface area (Å²) in [5.41, 5.74) is 0. The molecule has 4 heteroatoms. The summed E-state index contributed by atoms with van der Waals surface area (Å²) >= 11 is 1.74. The number of thioether (sulfide) groups is 1. The van der Waals surface area contributed by atoms with Gasteiger partial charge in [0.25, 0.3) is 0 Å². The highest BCUT2D eigenvalue weighted by Gasteiger charge is 2.34. The molecule has 1 rings (SSSR count). The van der Waals surface area contributed by atoms with E-state index in [-0.39, 0.29) is 17.7 Å². The van der Waals surface area contributed by atoms with Gasteiger partial charge in [-0.15, -0.1) is 0 Å². The zero-order valence-corrected chi connectivity index (χ0v) is 8.89. The fourth-order valence-electron chi connectivity index (χ4n) is 1.45. The summed E-state index contributed by atoms with van der Waals surface area (Å²) in [7, 11) is 0. The number of nitrogens with zero attached hydrogens (tertiary/aromatic N) is 1. The van der Waals surface area contributed by atoms with Crippen LogP contribution in [0.1, 0.15) is 19.8 Å². The molecule has 1 atom stereocenters. The van der Waals surface area contributed by atoms with Crippen LogP contribution >= 0.6 is 11.8 Å². The number of carbonyl (C=O) groups is 2. The third-order valence-corrected chi connectivity index (χ3v) is 2.90. The van der Waals surface area contributed by atoms with Crippen molar-refractivity contribution in [3.63, 3.8) is 0 Å². The lowest BCUT2D eigenvalue weighted by Crippen LogP contribution is -2.31. The second kappa shape index (κ2) is 4.65. The topological polar surface area (TPSA) is 37.4 Å². The highest BCUT2D eigenvalue weighted by atomic mass is 32.2. The summed E-state index contributed by atoms with van der Waals surface area (Å²) < 4.78 is 0. The minimum absolute atomic E-state index is 0.00129. The molecule has 13 heavy (non-hydrogen) atoms. The highest BCUT2D eigenvalue weighted by molar-refractivity contribution is 7.98. The predicted molar refractivity (Wildman–Crippen MR) is 53.5 cm³/mol. The van der Waals surface area contributed by atoms with Gasteiger partial charge in [-0.1, -0.05) is 6.92 Å². The van der Waals surface area contributed by atoms with Gasteiger partial charge in [0.2, 0.25) is 11.8 Å². The van der Waals surface area contributed by atoms with E-state index in [2.05, 4.69) is 0 Å². The molecule has 0 saturated carbocycles. The summed E-state index contributed by atoms with van der Waals surface area (Å²) in [6.07, 6.45) is 3.33. The lowest BCUT2D eigenvalue weighted by molar-refractivity contribution is -0.139. The van der Waals surface area contributed by atoms with Crippen LogP contribution in [0.4, 0.5) is 0 Å². The first kappa shape index (κ1) is 10.6. The van der Waals surface area contributed by atoms with Gasteiger partial charge in [-0.3, -0.25) is 14.5 Å². The van der Waals surface area contributed by atoms with Crippen LogP contribution in [0, 0.1) is 5.92 Å². The van der Waals surface area contributed by atoms with Crippen LogP contribution in [0.25, 0.3) is 0 Å². The normalized spacial score (nSPS) is 22.9. The first-order valence-electron chi connectivity index (χ1n) is 4.50. The molecular formula is C9H15NO2S. The molecule has 0 aromatic rings. The molecule has 0 aromatic carbocycles. The van der Waals surface area contributed by atoms with Gasteiger partial charge in [0.05, 0.1) is 0 Å². The molecule has 0 aromatic heterocycles. The minimum Gasteiger partial charge on any atom is -0.282 e. The number of likely N-dealkylation sites (tertiary alicyclic amines) is 1. The molecule has 0 spiro atoms. The monoisotopic (exact) mass is 201 g/mol. The molecule has 1 fully saturated rings. The number of amides is 2. The maximum atomic E-state index is 11.4. The van der Waals surface area contributed by atoms with Crippen molar-refractivity contribution in [1.82, 2.24) is 4.90 Å². The SMILES string of the molecule is CSCCCN1C(=O)C[C@H](C)C1=O. The van der Waals surface area contributed by atoms with E-state index < -0.39 is 0 Å². The average Bonchev–Trinajstić information content (AvgIpc) is 2.32. The molecule has 1 heterocycles. The molecule has 1 aliphatic heterocycles. The second-order valence-electron chi connectivity index (χ2n) is 3.34. The molecule has 0 N–H and O–H groups in total. The standard InChI is InChI=1S/C9H15NO2S/c1-7-6-8(11)10(9(7)12)4-3-5-13-2/h7H,3-6H2,1-2H3/t7-/m0/s1. The molecule has 2 amide bonds.